The summed E-state index contributed by atoms with van der Waals surface area (Å²) in [5.41, 5.74) is 1.63. The third-order valence-corrected chi connectivity index (χ3v) is 6.52. The largest absolute Gasteiger partial charge is 0.351 e. The lowest BCUT2D eigenvalue weighted by molar-refractivity contribution is -0.135. The van der Waals surface area contributed by atoms with Crippen molar-refractivity contribution in [2.75, 3.05) is 19.0 Å². The van der Waals surface area contributed by atoms with E-state index in [4.69, 9.17) is 11.6 Å². The molecule has 1 aliphatic heterocycles. The lowest BCUT2D eigenvalue weighted by atomic mass is 9.88. The van der Waals surface area contributed by atoms with Gasteiger partial charge >= 0.3 is 0 Å². The Kier molecular flexibility index (Phi) is 8.14. The van der Waals surface area contributed by atoms with E-state index >= 15 is 0 Å². The Hall–Kier alpha value is -2.08. The quantitative estimate of drug-likeness (QED) is 0.677. The van der Waals surface area contributed by atoms with Crippen molar-refractivity contribution in [3.8, 4) is 0 Å². The highest BCUT2D eigenvalue weighted by atomic mass is 35.5. The second-order valence-corrected chi connectivity index (χ2v) is 8.77. The van der Waals surface area contributed by atoms with E-state index in [2.05, 4.69) is 10.6 Å². The van der Waals surface area contributed by atoms with Gasteiger partial charge in [-0.05, 0) is 44.2 Å². The predicted molar refractivity (Wildman–Crippen MR) is 117 cm³/mol. The van der Waals surface area contributed by atoms with Gasteiger partial charge in [0.25, 0.3) is 5.91 Å². The fraction of sp³-hybridized carbons (Fsp3) is 0.609. The van der Waals surface area contributed by atoms with Gasteiger partial charge < -0.3 is 15.5 Å². The molecule has 0 unspecified atom stereocenters. The van der Waals surface area contributed by atoms with Crippen molar-refractivity contribution in [1.82, 2.24) is 15.5 Å². The molecule has 1 saturated heterocycles. The SMILES string of the molecule is Cc1ccccc1C(=O)N[C@@H]1CCCC[C@H]1NC(=O)C1CCN(C(=O)CCCl)CC1. The lowest BCUT2D eigenvalue weighted by Crippen LogP contribution is -2.55. The summed E-state index contributed by atoms with van der Waals surface area (Å²) in [6, 6.07) is 7.45. The molecule has 0 spiro atoms. The molecule has 2 N–H and O–H groups in total. The Labute approximate surface area is 183 Å². The molecule has 1 aliphatic carbocycles. The van der Waals surface area contributed by atoms with Crippen LogP contribution in [0.3, 0.4) is 0 Å². The number of nitrogens with one attached hydrogen (secondary N) is 2. The van der Waals surface area contributed by atoms with Gasteiger partial charge in [0.1, 0.15) is 0 Å². The van der Waals surface area contributed by atoms with Crippen LogP contribution in [0.25, 0.3) is 0 Å². The van der Waals surface area contributed by atoms with Crippen LogP contribution in [0.4, 0.5) is 0 Å². The zero-order valence-electron chi connectivity index (χ0n) is 17.7. The van der Waals surface area contributed by atoms with Crippen molar-refractivity contribution in [3.63, 3.8) is 0 Å². The molecule has 7 heteroatoms. The zero-order chi connectivity index (χ0) is 21.5. The van der Waals surface area contributed by atoms with Gasteiger partial charge in [-0.25, -0.2) is 0 Å². The number of halogens is 1. The van der Waals surface area contributed by atoms with E-state index in [1.165, 1.54) is 0 Å². The first kappa shape index (κ1) is 22.6. The fourth-order valence-corrected chi connectivity index (χ4v) is 4.64. The maximum atomic E-state index is 12.9. The van der Waals surface area contributed by atoms with Crippen molar-refractivity contribution >= 4 is 29.3 Å². The van der Waals surface area contributed by atoms with Crippen LogP contribution in [-0.4, -0.2) is 53.7 Å². The molecule has 0 bridgehead atoms. The van der Waals surface area contributed by atoms with Gasteiger partial charge in [-0.3, -0.25) is 14.4 Å². The van der Waals surface area contributed by atoms with Crippen LogP contribution < -0.4 is 10.6 Å². The highest BCUT2D eigenvalue weighted by molar-refractivity contribution is 6.18. The highest BCUT2D eigenvalue weighted by Gasteiger charge is 2.32. The van der Waals surface area contributed by atoms with Crippen LogP contribution in [0, 0.1) is 12.8 Å². The molecule has 164 valence electrons. The molecule has 30 heavy (non-hydrogen) atoms. The molecule has 1 heterocycles. The number of carbonyl (C=O) groups excluding carboxylic acids is 3. The molecule has 2 atom stereocenters. The van der Waals surface area contributed by atoms with Crippen molar-refractivity contribution in [3.05, 3.63) is 35.4 Å². The molecule has 0 radical (unpaired) electrons. The standard InChI is InChI=1S/C23H32ClN3O3/c1-16-6-2-3-7-18(16)23(30)26-20-9-5-4-8-19(20)25-22(29)17-11-14-27(15-12-17)21(28)10-13-24/h2-3,6-7,17,19-20H,4-5,8-15H2,1H3,(H,25,29)(H,26,30)/t19-,20-/m1/s1. The smallest absolute Gasteiger partial charge is 0.251 e. The van der Waals surface area contributed by atoms with Crippen LogP contribution >= 0.6 is 11.6 Å². The Bertz CT molecular complexity index is 762. The third kappa shape index (κ3) is 5.75. The molecule has 1 aromatic carbocycles. The van der Waals surface area contributed by atoms with E-state index in [1.54, 1.807) is 4.90 Å². The van der Waals surface area contributed by atoms with Gasteiger partial charge in [0, 0.05) is 49.0 Å². The molecular weight excluding hydrogens is 402 g/mol. The number of aryl methyl sites for hydroxylation is 1. The minimum atomic E-state index is -0.0836. The third-order valence-electron chi connectivity index (χ3n) is 6.33. The zero-order valence-corrected chi connectivity index (χ0v) is 18.4. The summed E-state index contributed by atoms with van der Waals surface area (Å²) in [5.74, 6) is 0.276. The second-order valence-electron chi connectivity index (χ2n) is 8.39. The molecule has 1 saturated carbocycles. The minimum absolute atomic E-state index is 0.0430. The van der Waals surface area contributed by atoms with Crippen molar-refractivity contribution in [1.29, 1.82) is 0 Å². The average molecular weight is 434 g/mol. The minimum Gasteiger partial charge on any atom is -0.351 e. The van der Waals surface area contributed by atoms with E-state index in [1.807, 2.05) is 31.2 Å². The predicted octanol–water partition coefficient (Wildman–Crippen LogP) is 3.02. The number of benzene rings is 1. The Morgan fingerprint density at radius 1 is 1.00 bits per heavy atom. The summed E-state index contributed by atoms with van der Waals surface area (Å²) in [4.78, 5) is 39.4. The van der Waals surface area contributed by atoms with Crippen LogP contribution in [0.2, 0.25) is 0 Å². The fourth-order valence-electron chi connectivity index (χ4n) is 4.48. The van der Waals surface area contributed by atoms with Crippen LogP contribution in [-0.2, 0) is 9.59 Å². The summed E-state index contributed by atoms with van der Waals surface area (Å²) in [6.07, 6.45) is 5.53. The molecule has 2 fully saturated rings. The number of nitrogens with zero attached hydrogens (tertiary/aromatic N) is 1. The topological polar surface area (TPSA) is 78.5 Å². The normalized spacial score (nSPS) is 22.4. The Morgan fingerprint density at radius 2 is 1.63 bits per heavy atom. The summed E-state index contributed by atoms with van der Waals surface area (Å²) in [6.45, 7) is 3.14. The Balaban J connectivity index is 1.54. The maximum Gasteiger partial charge on any atom is 0.251 e. The lowest BCUT2D eigenvalue weighted by Gasteiger charge is -2.36. The summed E-state index contributed by atoms with van der Waals surface area (Å²) in [7, 11) is 0. The summed E-state index contributed by atoms with van der Waals surface area (Å²) in [5, 5.41) is 6.35. The van der Waals surface area contributed by atoms with E-state index in [0.717, 1.165) is 31.2 Å². The van der Waals surface area contributed by atoms with Crippen molar-refractivity contribution in [2.24, 2.45) is 5.92 Å². The Morgan fingerprint density at radius 3 is 2.27 bits per heavy atom. The first-order valence-electron chi connectivity index (χ1n) is 11.0. The maximum absolute atomic E-state index is 12.9. The van der Waals surface area contributed by atoms with Gasteiger partial charge in [-0.2, -0.15) is 0 Å². The van der Waals surface area contributed by atoms with E-state index in [0.29, 0.717) is 43.8 Å². The number of alkyl halides is 1. The molecule has 2 aliphatic rings. The summed E-state index contributed by atoms with van der Waals surface area (Å²) < 4.78 is 0. The highest BCUT2D eigenvalue weighted by Crippen LogP contribution is 2.23. The van der Waals surface area contributed by atoms with E-state index in [-0.39, 0.29) is 35.7 Å². The van der Waals surface area contributed by atoms with Crippen LogP contribution in [0.1, 0.15) is 60.9 Å². The number of hydrogen-bond acceptors (Lipinski definition) is 3. The van der Waals surface area contributed by atoms with Crippen LogP contribution in [0.5, 0.6) is 0 Å². The monoisotopic (exact) mass is 433 g/mol. The van der Waals surface area contributed by atoms with Gasteiger partial charge in [0.2, 0.25) is 11.8 Å². The molecule has 3 amide bonds. The summed E-state index contributed by atoms with van der Waals surface area (Å²) >= 11 is 5.66. The number of amides is 3. The number of rotatable bonds is 6. The number of carbonyl (C=O) groups is 3. The molecule has 3 rings (SSSR count). The number of likely N-dealkylation sites (tertiary alicyclic amines) is 1. The first-order valence-corrected chi connectivity index (χ1v) is 11.5. The number of hydrogen-bond donors (Lipinski definition) is 2. The number of piperidine rings is 1. The van der Waals surface area contributed by atoms with Gasteiger partial charge in [0.05, 0.1) is 0 Å². The van der Waals surface area contributed by atoms with Gasteiger partial charge in [-0.1, -0.05) is 31.0 Å². The second kappa shape index (κ2) is 10.8. The molecule has 6 nitrogen and oxygen atoms in total. The molecule has 0 aromatic heterocycles. The van der Waals surface area contributed by atoms with E-state index < -0.39 is 0 Å². The van der Waals surface area contributed by atoms with Gasteiger partial charge in [0.15, 0.2) is 0 Å². The van der Waals surface area contributed by atoms with Crippen molar-refractivity contribution in [2.45, 2.75) is 64.0 Å². The van der Waals surface area contributed by atoms with Crippen molar-refractivity contribution < 1.29 is 14.4 Å². The first-order chi connectivity index (χ1) is 14.5. The van der Waals surface area contributed by atoms with Gasteiger partial charge in [-0.15, -0.1) is 11.6 Å². The van der Waals surface area contributed by atoms with E-state index in [9.17, 15) is 14.4 Å². The molecule has 1 aromatic rings. The molecular formula is C23H32ClN3O3. The van der Waals surface area contributed by atoms with Crippen LogP contribution in [0.15, 0.2) is 24.3 Å². The average Bonchev–Trinajstić information content (AvgIpc) is 2.75.